The van der Waals surface area contributed by atoms with Crippen LogP contribution < -0.4 is 21.3 Å². The Hall–Kier alpha value is -5.52. The van der Waals surface area contributed by atoms with Gasteiger partial charge in [-0.15, -0.1) is 23.5 Å². The number of benzene rings is 3. The second kappa shape index (κ2) is 28.8. The number of rotatable bonds is 20. The number of thiocarbonyl (C=S) groups is 2. The number of nitrogens with one attached hydrogen (secondary N) is 4. The summed E-state index contributed by atoms with van der Waals surface area (Å²) in [5.74, 6) is 0.402. The number of ether oxygens (including phenoxy) is 4. The number of thioether (sulfide) groups is 2. The van der Waals surface area contributed by atoms with Gasteiger partial charge in [-0.05, 0) is 126 Å². The average Bonchev–Trinajstić information content (AvgIpc) is 1.76. The molecule has 4 heterocycles. The summed E-state index contributed by atoms with van der Waals surface area (Å²) in [5, 5.41) is 12.7. The van der Waals surface area contributed by atoms with E-state index in [-0.39, 0.29) is 60.8 Å². The van der Waals surface area contributed by atoms with Gasteiger partial charge in [0.1, 0.15) is 35.4 Å². The van der Waals surface area contributed by atoms with Gasteiger partial charge in [-0.1, -0.05) is 137 Å². The lowest BCUT2D eigenvalue weighted by Crippen LogP contribution is -2.58. The van der Waals surface area contributed by atoms with Crippen molar-refractivity contribution < 1.29 is 47.7 Å². The van der Waals surface area contributed by atoms with Gasteiger partial charge < -0.3 is 59.8 Å². The number of fused-ring (bicyclic) bond motifs is 2. The standard InChI is InChI=1S/C64H90N8O10S4/c1-39(69(13)59(77)81-61(3,4)5)55(83)67-45-29-31-85-49-33-63(9,10)51(71(49)57(45)75)53(73)65-47(43-21-17-15-18-22-43)37-79-35-41-25-27-42(28-26-41)36-80-38-48(44-23-19-16-20-24-44)66-54(74)52-64(11,12)34-50-72(52)58(76)46(30-32-86-50)68-56(84)40(2)70(14)60(78)82-62(6,7)8/h15-28,39-40,45-52H,29-38H2,1-14H3,(H,65,73)(H,66,74)(H,67,83)(H,68,84)/t39-,40-,45-,46-,47+,48+,49-,50-,51+,52+/m0/s1. The van der Waals surface area contributed by atoms with Crippen LogP contribution in [-0.4, -0.2) is 162 Å². The highest BCUT2D eigenvalue weighted by atomic mass is 32.2. The third-order valence-corrected chi connectivity index (χ3v) is 19.6. The Kier molecular flexibility index (Phi) is 22.7. The molecule has 0 spiro atoms. The molecule has 3 aromatic carbocycles. The molecule has 18 nitrogen and oxygen atoms in total. The molecule has 22 heteroatoms. The molecule has 0 radical (unpaired) electrons. The summed E-state index contributed by atoms with van der Waals surface area (Å²) in [5.41, 5.74) is 1.07. The van der Waals surface area contributed by atoms with Gasteiger partial charge in [0.25, 0.3) is 0 Å². The van der Waals surface area contributed by atoms with Crippen LogP contribution in [0.3, 0.4) is 0 Å². The van der Waals surface area contributed by atoms with Crippen molar-refractivity contribution in [1.82, 2.24) is 40.9 Å². The molecule has 4 aliphatic heterocycles. The minimum atomic E-state index is -0.776. The maximum atomic E-state index is 14.7. The fraction of sp³-hybridized carbons (Fsp3) is 0.594. The van der Waals surface area contributed by atoms with Crippen LogP contribution in [0, 0.1) is 10.8 Å². The summed E-state index contributed by atoms with van der Waals surface area (Å²) in [6, 6.07) is 22.1. The topological polar surface area (TPSA) is 200 Å². The van der Waals surface area contributed by atoms with E-state index in [4.69, 9.17) is 43.4 Å². The molecule has 7 rings (SSSR count). The third-order valence-electron chi connectivity index (χ3n) is 16.2. The van der Waals surface area contributed by atoms with Crippen molar-refractivity contribution in [2.24, 2.45) is 10.8 Å². The van der Waals surface area contributed by atoms with E-state index < -0.39 is 82.6 Å². The molecule has 470 valence electrons. The van der Waals surface area contributed by atoms with Crippen molar-refractivity contribution in [3.63, 3.8) is 0 Å². The number of nitrogens with zero attached hydrogens (tertiary/aromatic N) is 4. The van der Waals surface area contributed by atoms with Crippen LogP contribution in [0.1, 0.15) is 143 Å². The first-order valence-corrected chi connectivity index (χ1v) is 32.6. The summed E-state index contributed by atoms with van der Waals surface area (Å²) < 4.78 is 23.9. The van der Waals surface area contributed by atoms with Crippen LogP contribution in [0.2, 0.25) is 0 Å². The van der Waals surface area contributed by atoms with E-state index in [1.807, 2.05) is 113 Å². The highest BCUT2D eigenvalue weighted by Crippen LogP contribution is 2.48. The van der Waals surface area contributed by atoms with Crippen LogP contribution in [0.15, 0.2) is 84.9 Å². The number of likely N-dealkylation sites (N-methyl/N-ethyl adjacent to an activating group) is 2. The zero-order valence-electron chi connectivity index (χ0n) is 52.4. The first-order valence-electron chi connectivity index (χ1n) is 29.7. The fourth-order valence-corrected chi connectivity index (χ4v) is 15.0. The predicted octanol–water partition coefficient (Wildman–Crippen LogP) is 9.70. The first-order chi connectivity index (χ1) is 40.4. The summed E-state index contributed by atoms with van der Waals surface area (Å²) in [7, 11) is 3.23. The van der Waals surface area contributed by atoms with Crippen molar-refractivity contribution in [3.05, 3.63) is 107 Å². The maximum absolute atomic E-state index is 14.7. The SMILES string of the molecule is C[C@@H](C(=S)N[C@H]1CCS[C@H]2CC(C)(C)[C@@H](C(=O)N[C@H](COCc3ccc(COC[C@@H](NC(=O)[C@H]4N5C(=O)[C@@H](NC(=S)[C@H](C)N(C)C(=O)OC(C)(C)C)CCS[C@H]5CC4(C)C)c4ccccc4)cc3)c3ccccc3)N2C1=O)N(C)C(=O)OC(C)(C)C. The highest BCUT2D eigenvalue weighted by molar-refractivity contribution is 8.00. The third kappa shape index (κ3) is 17.4. The number of carbonyl (C=O) groups is 6. The second-order valence-corrected chi connectivity index (χ2v) is 29.8. The van der Waals surface area contributed by atoms with Crippen molar-refractivity contribution >= 4 is 93.8 Å². The smallest absolute Gasteiger partial charge is 0.410 e. The largest absolute Gasteiger partial charge is 0.444 e. The molecule has 3 aromatic rings. The van der Waals surface area contributed by atoms with Gasteiger partial charge in [-0.25, -0.2) is 9.59 Å². The number of carbonyl (C=O) groups excluding carboxylic acids is 6. The molecule has 4 aliphatic rings. The molecular weight excluding hydrogens is 1170 g/mol. The number of hydrogen-bond acceptors (Lipinski definition) is 14. The quantitative estimate of drug-likeness (QED) is 0.0779. The Labute approximate surface area is 528 Å². The van der Waals surface area contributed by atoms with Gasteiger partial charge in [0.05, 0.1) is 71.3 Å². The predicted molar refractivity (Wildman–Crippen MR) is 346 cm³/mol. The summed E-state index contributed by atoms with van der Waals surface area (Å²) in [6.07, 6.45) is 1.21. The van der Waals surface area contributed by atoms with E-state index in [9.17, 15) is 28.8 Å². The van der Waals surface area contributed by atoms with Gasteiger partial charge in [-0.2, -0.15) is 0 Å². The van der Waals surface area contributed by atoms with Crippen LogP contribution in [-0.2, 0) is 51.3 Å². The molecule has 0 aliphatic carbocycles. The van der Waals surface area contributed by atoms with Gasteiger partial charge in [-0.3, -0.25) is 19.2 Å². The lowest BCUT2D eigenvalue weighted by Gasteiger charge is -2.36. The fourth-order valence-electron chi connectivity index (χ4n) is 11.3. The summed E-state index contributed by atoms with van der Waals surface area (Å²) in [6.45, 7) is 23.4. The van der Waals surface area contributed by atoms with E-state index in [2.05, 4.69) is 21.3 Å². The highest BCUT2D eigenvalue weighted by Gasteiger charge is 2.56. The Morgan fingerprint density at radius 1 is 0.593 bits per heavy atom. The van der Waals surface area contributed by atoms with Crippen molar-refractivity contribution in [3.8, 4) is 0 Å². The van der Waals surface area contributed by atoms with Crippen LogP contribution in [0.4, 0.5) is 9.59 Å². The van der Waals surface area contributed by atoms with Crippen LogP contribution in [0.25, 0.3) is 0 Å². The van der Waals surface area contributed by atoms with Gasteiger partial charge in [0.2, 0.25) is 23.6 Å². The van der Waals surface area contributed by atoms with Crippen molar-refractivity contribution in [1.29, 1.82) is 0 Å². The summed E-state index contributed by atoms with van der Waals surface area (Å²) >= 11 is 14.9. The van der Waals surface area contributed by atoms with E-state index in [0.29, 0.717) is 47.2 Å². The van der Waals surface area contributed by atoms with Crippen LogP contribution >= 0.6 is 48.0 Å². The molecule has 6 amide bonds. The molecule has 0 saturated carbocycles. The maximum Gasteiger partial charge on any atom is 0.410 e. The molecule has 4 N–H and O–H groups in total. The number of amides is 6. The molecule has 0 aromatic heterocycles. The molecule has 10 atom stereocenters. The lowest BCUT2D eigenvalue weighted by molar-refractivity contribution is -0.142. The number of hydrogen-bond donors (Lipinski definition) is 4. The van der Waals surface area contributed by atoms with Gasteiger partial charge >= 0.3 is 12.2 Å². The zero-order chi connectivity index (χ0) is 63.1. The average molecular weight is 1260 g/mol. The Morgan fingerprint density at radius 3 is 1.26 bits per heavy atom. The van der Waals surface area contributed by atoms with Crippen molar-refractivity contribution in [2.75, 3.05) is 38.8 Å². The molecule has 4 saturated heterocycles. The monoisotopic (exact) mass is 1260 g/mol. The Morgan fingerprint density at radius 2 is 0.930 bits per heavy atom. The Balaban J connectivity index is 0.954. The minimum Gasteiger partial charge on any atom is -0.444 e. The van der Waals surface area contributed by atoms with Crippen LogP contribution in [0.5, 0.6) is 0 Å². The van der Waals surface area contributed by atoms with Crippen molar-refractivity contribution in [2.45, 2.75) is 192 Å². The van der Waals surface area contributed by atoms with E-state index >= 15 is 0 Å². The van der Waals surface area contributed by atoms with E-state index in [1.54, 1.807) is 103 Å². The second-order valence-electron chi connectivity index (χ2n) is 26.4. The van der Waals surface area contributed by atoms with E-state index in [1.165, 1.54) is 9.80 Å². The summed E-state index contributed by atoms with van der Waals surface area (Å²) in [4.78, 5) is 91.5. The molecule has 0 unspecified atom stereocenters. The van der Waals surface area contributed by atoms with Gasteiger partial charge in [0.15, 0.2) is 0 Å². The zero-order valence-corrected chi connectivity index (χ0v) is 55.7. The molecule has 0 bridgehead atoms. The first kappa shape index (κ1) is 68.0. The molecular formula is C64H90N8O10S4. The molecule has 4 fully saturated rings. The minimum absolute atomic E-state index is 0.164. The molecule has 86 heavy (non-hydrogen) atoms. The lowest BCUT2D eigenvalue weighted by atomic mass is 9.83. The van der Waals surface area contributed by atoms with E-state index in [0.717, 1.165) is 22.3 Å². The Bertz CT molecular complexity index is 2700. The normalized spacial score (nSPS) is 23.2. The van der Waals surface area contributed by atoms with Gasteiger partial charge in [0, 0.05) is 14.1 Å².